The van der Waals surface area contributed by atoms with Crippen LogP contribution in [0.1, 0.15) is 0 Å². The van der Waals surface area contributed by atoms with E-state index in [0.717, 1.165) is 154 Å². The average molecular weight is 1160 g/mol. The maximum Gasteiger partial charge on any atom is 0.145 e. The normalized spacial score (nSPS) is 12.4. The molecule has 7 aromatic heterocycles. The van der Waals surface area contributed by atoms with Crippen LogP contribution < -0.4 is 0 Å². The minimum atomic E-state index is 0.848. The summed E-state index contributed by atoms with van der Waals surface area (Å²) in [6.45, 7) is 0. The Morgan fingerprint density at radius 1 is 0.176 bits per heavy atom. The summed E-state index contributed by atoms with van der Waals surface area (Å²) in [5, 5.41) is 15.6. The molecule has 91 heavy (non-hydrogen) atoms. The minimum absolute atomic E-state index is 0.848. The van der Waals surface area contributed by atoms with E-state index in [1.54, 1.807) is 0 Å². The fourth-order valence-corrected chi connectivity index (χ4v) is 15.5. The van der Waals surface area contributed by atoms with Gasteiger partial charge in [0, 0.05) is 87.4 Å². The van der Waals surface area contributed by atoms with Gasteiger partial charge < -0.3 is 31.5 Å². The number of fused-ring (bicyclic) bond motifs is 23. The molecule has 14 aromatic carbocycles. The van der Waals surface area contributed by atoms with Gasteiger partial charge in [-0.25, -0.2) is 0 Å². The molecule has 0 N–H and O–H groups in total. The molecule has 0 saturated heterocycles. The van der Waals surface area contributed by atoms with Crippen molar-refractivity contribution in [2.45, 2.75) is 0 Å². The number of para-hydroxylation sites is 6. The van der Waals surface area contributed by atoms with Crippen molar-refractivity contribution in [3.05, 3.63) is 291 Å². The Balaban J connectivity index is 0.828. The first-order valence-corrected chi connectivity index (χ1v) is 31.0. The van der Waals surface area contributed by atoms with Gasteiger partial charge in [-0.15, -0.1) is 0 Å². The van der Waals surface area contributed by atoms with Gasteiger partial charge in [-0.3, -0.25) is 0 Å². The molecule has 21 aromatic rings. The second kappa shape index (κ2) is 18.1. The molecule has 21 rings (SSSR count). The lowest BCUT2D eigenvalue weighted by atomic mass is 9.99. The van der Waals surface area contributed by atoms with E-state index in [-0.39, 0.29) is 0 Å². The molecule has 0 aliphatic carbocycles. The summed E-state index contributed by atoms with van der Waals surface area (Å²) in [7, 11) is 0. The highest BCUT2D eigenvalue weighted by molar-refractivity contribution is 6.30. The van der Waals surface area contributed by atoms with Crippen LogP contribution in [0.5, 0.6) is 0 Å². The van der Waals surface area contributed by atoms with Crippen LogP contribution in [0.2, 0.25) is 0 Å². The van der Waals surface area contributed by atoms with E-state index in [0.29, 0.717) is 0 Å². The molecule has 0 aliphatic rings. The molecule has 7 heterocycles. The van der Waals surface area contributed by atoms with E-state index in [1.165, 1.54) is 43.6 Å². The topological polar surface area (TPSA) is 59.1 Å². The molecular formula is C84H48N4O3. The summed E-state index contributed by atoms with van der Waals surface area (Å²) in [5.41, 5.74) is 23.0. The molecule has 0 saturated carbocycles. The Bertz CT molecular complexity index is 6300. The summed E-state index contributed by atoms with van der Waals surface area (Å²) in [6.07, 6.45) is 0. The van der Waals surface area contributed by atoms with E-state index in [4.69, 9.17) is 13.3 Å². The predicted octanol–water partition coefficient (Wildman–Crippen LogP) is 23.1. The van der Waals surface area contributed by atoms with Crippen LogP contribution in [0, 0.1) is 0 Å². The SMILES string of the molecule is c1ccc(-n2c3ccccc3c3cc(-c4ccc5c(c4)c4c6oc7c(ccc8c7c7cc(-c9ccc%10c(c9)c9ccccc9n%10-c9ccccc9)ccc7n8-c7ccc8oc9ccccc9c8c7)c6ccc4n5-c4ccc5oc6ccccc6c5c4)ccc32)cc1. The smallest absolute Gasteiger partial charge is 0.145 e. The molecule has 0 fully saturated rings. The summed E-state index contributed by atoms with van der Waals surface area (Å²) in [4.78, 5) is 0. The van der Waals surface area contributed by atoms with E-state index < -0.39 is 0 Å². The van der Waals surface area contributed by atoms with Gasteiger partial charge >= 0.3 is 0 Å². The zero-order chi connectivity index (χ0) is 59.2. The number of aromatic nitrogens is 4. The first-order chi connectivity index (χ1) is 45.1. The Morgan fingerprint density at radius 3 is 0.945 bits per heavy atom. The zero-order valence-electron chi connectivity index (χ0n) is 48.7. The Hall–Kier alpha value is -12.3. The molecule has 0 unspecified atom stereocenters. The quantitative estimate of drug-likeness (QED) is 0.167. The van der Waals surface area contributed by atoms with Gasteiger partial charge in [0.15, 0.2) is 0 Å². The molecule has 422 valence electrons. The third-order valence-electron chi connectivity index (χ3n) is 19.5. The maximum absolute atomic E-state index is 7.75. The number of hydrogen-bond donors (Lipinski definition) is 0. The Kier molecular flexibility index (Phi) is 9.72. The van der Waals surface area contributed by atoms with Crippen LogP contribution in [0.25, 0.3) is 198 Å². The first-order valence-electron chi connectivity index (χ1n) is 31.0. The third kappa shape index (κ3) is 6.81. The summed E-state index contributed by atoms with van der Waals surface area (Å²) < 4.78 is 30.2. The van der Waals surface area contributed by atoms with Gasteiger partial charge in [-0.2, -0.15) is 0 Å². The van der Waals surface area contributed by atoms with Crippen LogP contribution in [0.4, 0.5) is 0 Å². The molecule has 7 nitrogen and oxygen atoms in total. The summed E-state index contributed by atoms with van der Waals surface area (Å²) in [5.74, 6) is 0. The number of hydrogen-bond acceptors (Lipinski definition) is 3. The molecule has 0 bridgehead atoms. The van der Waals surface area contributed by atoms with Crippen molar-refractivity contribution in [1.29, 1.82) is 0 Å². The minimum Gasteiger partial charge on any atom is -0.456 e. The van der Waals surface area contributed by atoms with Gasteiger partial charge in [0.1, 0.15) is 33.5 Å². The lowest BCUT2D eigenvalue weighted by molar-refractivity contribution is 0.668. The fourth-order valence-electron chi connectivity index (χ4n) is 15.5. The average Bonchev–Trinajstić information content (AvgIpc) is 1.55. The van der Waals surface area contributed by atoms with Crippen LogP contribution >= 0.6 is 0 Å². The van der Waals surface area contributed by atoms with E-state index >= 15 is 0 Å². The largest absolute Gasteiger partial charge is 0.456 e. The van der Waals surface area contributed by atoms with Crippen molar-refractivity contribution in [3.63, 3.8) is 0 Å². The Morgan fingerprint density at radius 2 is 0.505 bits per heavy atom. The number of furan rings is 3. The number of rotatable bonds is 6. The van der Waals surface area contributed by atoms with Gasteiger partial charge in [0.25, 0.3) is 0 Å². The zero-order valence-corrected chi connectivity index (χ0v) is 48.7. The highest BCUT2D eigenvalue weighted by Crippen LogP contribution is 2.48. The van der Waals surface area contributed by atoms with Crippen molar-refractivity contribution in [2.24, 2.45) is 0 Å². The van der Waals surface area contributed by atoms with Crippen molar-refractivity contribution >= 4 is 153 Å². The lowest BCUT2D eigenvalue weighted by Crippen LogP contribution is -1.93. The van der Waals surface area contributed by atoms with Crippen LogP contribution in [0.3, 0.4) is 0 Å². The highest BCUT2D eigenvalue weighted by atomic mass is 16.3. The molecule has 0 atom stereocenters. The molecule has 0 aliphatic heterocycles. The van der Waals surface area contributed by atoms with E-state index in [2.05, 4.69) is 285 Å². The molecule has 7 heteroatoms. The van der Waals surface area contributed by atoms with E-state index in [1.807, 2.05) is 24.3 Å². The molecule has 0 radical (unpaired) electrons. The van der Waals surface area contributed by atoms with Crippen molar-refractivity contribution in [3.8, 4) is 45.0 Å². The molecular weight excluding hydrogens is 1110 g/mol. The van der Waals surface area contributed by atoms with Crippen molar-refractivity contribution < 1.29 is 13.3 Å². The van der Waals surface area contributed by atoms with Crippen LogP contribution in [-0.2, 0) is 0 Å². The fraction of sp³-hybridized carbons (Fsp3) is 0. The van der Waals surface area contributed by atoms with Crippen LogP contribution in [0.15, 0.2) is 304 Å². The van der Waals surface area contributed by atoms with Gasteiger partial charge in [-0.05, 0) is 180 Å². The third-order valence-corrected chi connectivity index (χ3v) is 19.5. The number of benzene rings is 14. The van der Waals surface area contributed by atoms with Gasteiger partial charge in [-0.1, -0.05) is 133 Å². The molecule has 0 spiro atoms. The van der Waals surface area contributed by atoms with Gasteiger partial charge in [0.05, 0.1) is 54.9 Å². The van der Waals surface area contributed by atoms with Crippen LogP contribution in [-0.4, -0.2) is 18.3 Å². The summed E-state index contributed by atoms with van der Waals surface area (Å²) >= 11 is 0. The predicted molar refractivity (Wildman–Crippen MR) is 377 cm³/mol. The maximum atomic E-state index is 7.75. The Labute approximate surface area is 517 Å². The second-order valence-corrected chi connectivity index (χ2v) is 24.3. The number of nitrogens with zero attached hydrogens (tertiary/aromatic N) is 4. The summed E-state index contributed by atoms with van der Waals surface area (Å²) in [6, 6.07) is 106. The highest BCUT2D eigenvalue weighted by Gasteiger charge is 2.26. The first kappa shape index (κ1) is 48.8. The van der Waals surface area contributed by atoms with Crippen molar-refractivity contribution in [1.82, 2.24) is 18.3 Å². The standard InChI is InChI=1S/C84H48N4O3/c1-3-15-53(16-4-1)85-69-23-11-7-19-57(69)63-43-49(27-35-71(63)85)51-29-37-73-67(45-51)81-75(87(73)55-31-41-79-65(47-55)59-21-9-13-25-77(59)89-79)39-33-61-62-34-40-76-82(84(62)91-83(61)81)68-46-52(30-38-74(68)88(76)56-32-42-80-66(48-56)60-22-10-14-26-78(60)90-80)50-28-36-72-64(44-50)58-20-8-12-24-70(58)86(72)54-17-5-2-6-18-54/h1-48H. The van der Waals surface area contributed by atoms with Crippen molar-refractivity contribution in [2.75, 3.05) is 0 Å². The monoisotopic (exact) mass is 1160 g/mol. The van der Waals surface area contributed by atoms with E-state index in [9.17, 15) is 0 Å². The van der Waals surface area contributed by atoms with Gasteiger partial charge in [0.2, 0.25) is 0 Å². The molecule has 0 amide bonds. The second-order valence-electron chi connectivity index (χ2n) is 24.3. The lowest BCUT2D eigenvalue weighted by Gasteiger charge is -2.09.